The fraction of sp³-hybridized carbons (Fsp3) is 1.00. The molecule has 3 N–H and O–H groups in total. The summed E-state index contributed by atoms with van der Waals surface area (Å²) in [7, 11) is 0. The summed E-state index contributed by atoms with van der Waals surface area (Å²) < 4.78 is 16.8. The Labute approximate surface area is 144 Å². The standard InChI is InChI=1S/C13H21Cl3O6/c1-5-7(3-14)21-13(4-15,11(5)19)22-12-10(18)9(17)8(16)6(2)20-12/h5-12,17-19H,3-4H2,1-2H3/t5-,6-,7-,8+,9+,10-,11+,12-,13+/m1/s1. The molecule has 22 heavy (non-hydrogen) atoms. The van der Waals surface area contributed by atoms with Crippen LogP contribution in [0.5, 0.6) is 0 Å². The highest BCUT2D eigenvalue weighted by molar-refractivity contribution is 6.21. The molecule has 0 aromatic heterocycles. The topological polar surface area (TPSA) is 88.4 Å². The molecular weight excluding hydrogens is 358 g/mol. The first-order valence-electron chi connectivity index (χ1n) is 7.08. The quantitative estimate of drug-likeness (QED) is 0.622. The third-order valence-electron chi connectivity index (χ3n) is 4.29. The van der Waals surface area contributed by atoms with Gasteiger partial charge >= 0.3 is 0 Å². The van der Waals surface area contributed by atoms with E-state index in [0.29, 0.717) is 0 Å². The zero-order valence-corrected chi connectivity index (χ0v) is 14.5. The lowest BCUT2D eigenvalue weighted by Crippen LogP contribution is -2.59. The Kier molecular flexibility index (Phi) is 6.25. The molecule has 0 aromatic rings. The average molecular weight is 380 g/mol. The second-order valence-electron chi connectivity index (χ2n) is 5.81. The van der Waals surface area contributed by atoms with Crippen molar-refractivity contribution in [3.8, 4) is 0 Å². The molecule has 0 aliphatic carbocycles. The minimum Gasteiger partial charge on any atom is -0.389 e. The highest BCUT2D eigenvalue weighted by Gasteiger charge is 2.56. The minimum atomic E-state index is -1.56. The summed E-state index contributed by atoms with van der Waals surface area (Å²) in [6.07, 6.45) is -5.90. The number of aliphatic hydroxyl groups is 3. The van der Waals surface area contributed by atoms with Gasteiger partial charge in [0.15, 0.2) is 6.29 Å². The van der Waals surface area contributed by atoms with Gasteiger partial charge in [-0.25, -0.2) is 0 Å². The van der Waals surface area contributed by atoms with E-state index in [2.05, 4.69) is 0 Å². The number of aliphatic hydroxyl groups excluding tert-OH is 3. The van der Waals surface area contributed by atoms with Crippen LogP contribution in [-0.2, 0) is 14.2 Å². The molecule has 2 fully saturated rings. The van der Waals surface area contributed by atoms with Gasteiger partial charge < -0.3 is 29.5 Å². The summed E-state index contributed by atoms with van der Waals surface area (Å²) in [5.41, 5.74) is 0. The Hall–Kier alpha value is 0.630. The first-order valence-corrected chi connectivity index (χ1v) is 8.59. The van der Waals surface area contributed by atoms with Crippen molar-refractivity contribution in [2.75, 3.05) is 11.8 Å². The van der Waals surface area contributed by atoms with Crippen molar-refractivity contribution in [3.63, 3.8) is 0 Å². The average Bonchev–Trinajstić information content (AvgIpc) is 2.75. The molecule has 2 heterocycles. The second-order valence-corrected chi connectivity index (χ2v) is 6.89. The Bertz CT molecular complexity index is 389. The smallest absolute Gasteiger partial charge is 0.211 e. The van der Waals surface area contributed by atoms with Gasteiger partial charge in [0, 0.05) is 11.8 Å². The summed E-state index contributed by atoms with van der Waals surface area (Å²) in [4.78, 5) is 0. The van der Waals surface area contributed by atoms with E-state index in [0.717, 1.165) is 0 Å². The lowest BCUT2D eigenvalue weighted by Gasteiger charge is -2.42. The molecule has 2 aliphatic heterocycles. The maximum atomic E-state index is 10.4. The number of halogens is 3. The van der Waals surface area contributed by atoms with Crippen molar-refractivity contribution in [1.82, 2.24) is 0 Å². The van der Waals surface area contributed by atoms with E-state index in [-0.39, 0.29) is 17.7 Å². The van der Waals surface area contributed by atoms with E-state index in [1.807, 2.05) is 0 Å². The molecule has 2 aliphatic rings. The van der Waals surface area contributed by atoms with Gasteiger partial charge in [-0.05, 0) is 6.92 Å². The number of rotatable bonds is 4. The minimum absolute atomic E-state index is 0.164. The van der Waals surface area contributed by atoms with Crippen LogP contribution < -0.4 is 0 Å². The van der Waals surface area contributed by atoms with Gasteiger partial charge in [0.05, 0.1) is 23.5 Å². The zero-order valence-electron chi connectivity index (χ0n) is 12.2. The lowest BCUT2D eigenvalue weighted by molar-refractivity contribution is -0.354. The van der Waals surface area contributed by atoms with Crippen molar-refractivity contribution in [2.24, 2.45) is 5.92 Å². The van der Waals surface area contributed by atoms with E-state index in [9.17, 15) is 15.3 Å². The predicted octanol–water partition coefficient (Wildman–Crippen LogP) is 0.647. The molecule has 2 rings (SSSR count). The van der Waals surface area contributed by atoms with E-state index < -0.39 is 48.0 Å². The Balaban J connectivity index is 2.16. The van der Waals surface area contributed by atoms with E-state index >= 15 is 0 Å². The summed E-state index contributed by atoms with van der Waals surface area (Å²) in [6, 6.07) is 0. The highest BCUT2D eigenvalue weighted by atomic mass is 35.5. The Morgan fingerprint density at radius 2 is 1.77 bits per heavy atom. The first kappa shape index (κ1) is 19.0. The van der Waals surface area contributed by atoms with Gasteiger partial charge in [-0.2, -0.15) is 0 Å². The first-order chi connectivity index (χ1) is 10.3. The van der Waals surface area contributed by atoms with Gasteiger partial charge in [0.2, 0.25) is 5.79 Å². The fourth-order valence-electron chi connectivity index (χ4n) is 2.74. The van der Waals surface area contributed by atoms with E-state index in [4.69, 9.17) is 49.0 Å². The zero-order chi connectivity index (χ0) is 16.7. The maximum absolute atomic E-state index is 10.4. The predicted molar refractivity (Wildman–Crippen MR) is 81.3 cm³/mol. The maximum Gasteiger partial charge on any atom is 0.211 e. The summed E-state index contributed by atoms with van der Waals surface area (Å²) in [5.74, 6) is -1.89. The molecule has 2 saturated heterocycles. The van der Waals surface area contributed by atoms with Crippen LogP contribution in [0.4, 0.5) is 0 Å². The number of hydrogen-bond donors (Lipinski definition) is 3. The van der Waals surface area contributed by atoms with Crippen LogP contribution >= 0.6 is 34.8 Å². The Morgan fingerprint density at radius 1 is 1.14 bits per heavy atom. The lowest BCUT2D eigenvalue weighted by atomic mass is 9.97. The van der Waals surface area contributed by atoms with Crippen LogP contribution in [-0.4, -0.2) is 75.1 Å². The van der Waals surface area contributed by atoms with Crippen LogP contribution in [0.25, 0.3) is 0 Å². The van der Waals surface area contributed by atoms with Crippen molar-refractivity contribution >= 4 is 34.8 Å². The van der Waals surface area contributed by atoms with E-state index in [1.54, 1.807) is 13.8 Å². The van der Waals surface area contributed by atoms with Crippen molar-refractivity contribution in [1.29, 1.82) is 0 Å². The molecule has 9 atom stereocenters. The van der Waals surface area contributed by atoms with Crippen molar-refractivity contribution in [2.45, 2.75) is 61.8 Å². The molecular formula is C13H21Cl3O6. The molecule has 0 spiro atoms. The fourth-order valence-corrected chi connectivity index (χ4v) is 3.57. The molecule has 0 radical (unpaired) electrons. The molecule has 0 amide bonds. The van der Waals surface area contributed by atoms with Crippen molar-refractivity contribution < 1.29 is 29.5 Å². The van der Waals surface area contributed by atoms with Gasteiger partial charge in [-0.1, -0.05) is 6.92 Å². The summed E-state index contributed by atoms with van der Waals surface area (Å²) in [5, 5.41) is 29.6. The van der Waals surface area contributed by atoms with Crippen LogP contribution in [0.15, 0.2) is 0 Å². The monoisotopic (exact) mass is 378 g/mol. The molecule has 0 bridgehead atoms. The van der Waals surface area contributed by atoms with Gasteiger partial charge in [0.1, 0.15) is 18.3 Å². The van der Waals surface area contributed by atoms with Gasteiger partial charge in [0.25, 0.3) is 0 Å². The molecule has 0 unspecified atom stereocenters. The van der Waals surface area contributed by atoms with Crippen LogP contribution in [0.1, 0.15) is 13.8 Å². The second kappa shape index (κ2) is 7.25. The third-order valence-corrected chi connectivity index (χ3v) is 5.58. The largest absolute Gasteiger partial charge is 0.389 e. The van der Waals surface area contributed by atoms with Gasteiger partial charge in [-0.15, -0.1) is 34.8 Å². The normalized spacial score (nSPS) is 52.9. The molecule has 130 valence electrons. The highest BCUT2D eigenvalue weighted by Crippen LogP contribution is 2.40. The van der Waals surface area contributed by atoms with E-state index in [1.165, 1.54) is 0 Å². The van der Waals surface area contributed by atoms with Crippen LogP contribution in [0.2, 0.25) is 0 Å². The molecule has 9 heteroatoms. The SMILES string of the molecule is C[C@@H]1[C@@H](CCl)O[C@@](CCl)(O[C@H]2O[C@H](C)[C@H](Cl)[C@H](O)[C@H]2O)[C@H]1O. The van der Waals surface area contributed by atoms with Gasteiger partial charge in [-0.3, -0.25) is 0 Å². The number of alkyl halides is 3. The third kappa shape index (κ3) is 3.23. The number of ether oxygens (including phenoxy) is 3. The van der Waals surface area contributed by atoms with Crippen LogP contribution in [0, 0.1) is 5.92 Å². The summed E-state index contributed by atoms with van der Waals surface area (Å²) >= 11 is 17.7. The summed E-state index contributed by atoms with van der Waals surface area (Å²) in [6.45, 7) is 3.41. The molecule has 0 aromatic carbocycles. The number of hydrogen-bond acceptors (Lipinski definition) is 6. The van der Waals surface area contributed by atoms with Crippen molar-refractivity contribution in [3.05, 3.63) is 0 Å². The molecule has 0 saturated carbocycles. The molecule has 6 nitrogen and oxygen atoms in total. The van der Waals surface area contributed by atoms with Crippen LogP contribution in [0.3, 0.4) is 0 Å². The Morgan fingerprint density at radius 3 is 2.27 bits per heavy atom.